The van der Waals surface area contributed by atoms with E-state index in [0.29, 0.717) is 5.56 Å². The van der Waals surface area contributed by atoms with Crippen molar-refractivity contribution >= 4 is 11.4 Å². The molecule has 0 radical (unpaired) electrons. The van der Waals surface area contributed by atoms with E-state index in [4.69, 9.17) is 0 Å². The van der Waals surface area contributed by atoms with E-state index >= 15 is 0 Å². The Kier molecular flexibility index (Phi) is 4.23. The van der Waals surface area contributed by atoms with Crippen LogP contribution >= 0.6 is 0 Å². The summed E-state index contributed by atoms with van der Waals surface area (Å²) in [5, 5.41) is 3.14. The minimum atomic E-state index is -0.428. The molecule has 0 unspecified atom stereocenters. The first-order valence-electron chi connectivity index (χ1n) is 6.43. The molecule has 0 bridgehead atoms. The van der Waals surface area contributed by atoms with Crippen molar-refractivity contribution in [3.63, 3.8) is 0 Å². The standard InChI is InChI=1S/C16H18F2N2/c1-11-8-14(20(2)3)5-7-16(11)19-10-12-9-13(17)4-6-15(12)18/h4-9,19H,10H2,1-3H3. The molecule has 4 heteroatoms. The van der Waals surface area contributed by atoms with Crippen LogP contribution in [0.2, 0.25) is 0 Å². The zero-order chi connectivity index (χ0) is 14.7. The summed E-state index contributed by atoms with van der Waals surface area (Å²) in [6.45, 7) is 2.24. The van der Waals surface area contributed by atoms with Crippen molar-refractivity contribution in [1.29, 1.82) is 0 Å². The van der Waals surface area contributed by atoms with Gasteiger partial charge in [0.2, 0.25) is 0 Å². The molecule has 0 spiro atoms. The van der Waals surface area contributed by atoms with E-state index < -0.39 is 11.6 Å². The Morgan fingerprint density at radius 1 is 1.05 bits per heavy atom. The van der Waals surface area contributed by atoms with Crippen molar-refractivity contribution in [2.24, 2.45) is 0 Å². The predicted octanol–water partition coefficient (Wildman–Crippen LogP) is 3.95. The van der Waals surface area contributed by atoms with Gasteiger partial charge < -0.3 is 10.2 Å². The first kappa shape index (κ1) is 14.3. The maximum Gasteiger partial charge on any atom is 0.128 e. The molecule has 0 heterocycles. The van der Waals surface area contributed by atoms with Crippen LogP contribution in [0.15, 0.2) is 36.4 Å². The van der Waals surface area contributed by atoms with Crippen LogP contribution in [0.25, 0.3) is 0 Å². The molecule has 106 valence electrons. The van der Waals surface area contributed by atoms with Gasteiger partial charge in [0.05, 0.1) is 0 Å². The molecule has 0 aliphatic rings. The topological polar surface area (TPSA) is 15.3 Å². The fourth-order valence-corrected chi connectivity index (χ4v) is 1.99. The average Bonchev–Trinajstić information content (AvgIpc) is 2.40. The lowest BCUT2D eigenvalue weighted by atomic mass is 10.1. The molecule has 0 aliphatic carbocycles. The van der Waals surface area contributed by atoms with Gasteiger partial charge in [-0.25, -0.2) is 8.78 Å². The molecule has 2 aromatic carbocycles. The summed E-state index contributed by atoms with van der Waals surface area (Å²) in [5.41, 5.74) is 3.40. The van der Waals surface area contributed by atoms with Gasteiger partial charge in [-0.15, -0.1) is 0 Å². The zero-order valence-corrected chi connectivity index (χ0v) is 11.9. The minimum absolute atomic E-state index is 0.256. The Bertz CT molecular complexity index is 609. The van der Waals surface area contributed by atoms with Gasteiger partial charge in [0, 0.05) is 37.6 Å². The summed E-state index contributed by atoms with van der Waals surface area (Å²) in [4.78, 5) is 2.02. The molecule has 0 atom stereocenters. The Balaban J connectivity index is 2.13. The van der Waals surface area contributed by atoms with Crippen LogP contribution in [0, 0.1) is 18.6 Å². The molecular formula is C16H18F2N2. The molecule has 0 saturated heterocycles. The van der Waals surface area contributed by atoms with Crippen LogP contribution in [0.1, 0.15) is 11.1 Å². The number of rotatable bonds is 4. The Morgan fingerprint density at radius 2 is 1.80 bits per heavy atom. The van der Waals surface area contributed by atoms with Crippen molar-refractivity contribution in [3.8, 4) is 0 Å². The summed E-state index contributed by atoms with van der Waals surface area (Å²) < 4.78 is 26.6. The van der Waals surface area contributed by atoms with E-state index in [1.54, 1.807) is 0 Å². The van der Waals surface area contributed by atoms with E-state index in [1.807, 2.05) is 44.1 Å². The molecule has 1 N–H and O–H groups in total. The lowest BCUT2D eigenvalue weighted by molar-refractivity contribution is 0.587. The second kappa shape index (κ2) is 5.90. The Hall–Kier alpha value is -2.10. The van der Waals surface area contributed by atoms with Gasteiger partial charge in [0.15, 0.2) is 0 Å². The third kappa shape index (κ3) is 3.26. The number of anilines is 2. The third-order valence-corrected chi connectivity index (χ3v) is 3.20. The highest BCUT2D eigenvalue weighted by Crippen LogP contribution is 2.22. The highest BCUT2D eigenvalue weighted by molar-refractivity contribution is 5.59. The van der Waals surface area contributed by atoms with E-state index in [0.717, 1.165) is 29.1 Å². The van der Waals surface area contributed by atoms with Crippen molar-refractivity contribution in [1.82, 2.24) is 0 Å². The lowest BCUT2D eigenvalue weighted by Crippen LogP contribution is -2.09. The molecule has 0 amide bonds. The Morgan fingerprint density at radius 3 is 2.45 bits per heavy atom. The molecule has 2 nitrogen and oxygen atoms in total. The van der Waals surface area contributed by atoms with E-state index in [9.17, 15) is 8.78 Å². The summed E-state index contributed by atoms with van der Waals surface area (Å²) in [5.74, 6) is -0.829. The van der Waals surface area contributed by atoms with Gasteiger partial charge in [-0.3, -0.25) is 0 Å². The summed E-state index contributed by atoms with van der Waals surface area (Å²) in [6.07, 6.45) is 0. The number of aryl methyl sites for hydroxylation is 1. The molecule has 2 rings (SSSR count). The van der Waals surface area contributed by atoms with Gasteiger partial charge in [-0.05, 0) is 48.9 Å². The van der Waals surface area contributed by atoms with Gasteiger partial charge in [0.1, 0.15) is 11.6 Å². The van der Waals surface area contributed by atoms with Crippen molar-refractivity contribution in [2.75, 3.05) is 24.3 Å². The molecule has 0 fully saturated rings. The average molecular weight is 276 g/mol. The van der Waals surface area contributed by atoms with Crippen LogP contribution in [0.5, 0.6) is 0 Å². The SMILES string of the molecule is Cc1cc(N(C)C)ccc1NCc1cc(F)ccc1F. The fourth-order valence-electron chi connectivity index (χ4n) is 1.99. The molecular weight excluding hydrogens is 258 g/mol. The second-order valence-corrected chi connectivity index (χ2v) is 4.98. The molecule has 0 saturated carbocycles. The van der Waals surface area contributed by atoms with Gasteiger partial charge in [-0.1, -0.05) is 0 Å². The van der Waals surface area contributed by atoms with Crippen molar-refractivity contribution in [2.45, 2.75) is 13.5 Å². The minimum Gasteiger partial charge on any atom is -0.381 e. The third-order valence-electron chi connectivity index (χ3n) is 3.20. The van der Waals surface area contributed by atoms with E-state index in [2.05, 4.69) is 5.32 Å². The van der Waals surface area contributed by atoms with Crippen LogP contribution in [-0.2, 0) is 6.54 Å². The first-order chi connectivity index (χ1) is 9.47. The fraction of sp³-hybridized carbons (Fsp3) is 0.250. The quantitative estimate of drug-likeness (QED) is 0.909. The second-order valence-electron chi connectivity index (χ2n) is 4.98. The van der Waals surface area contributed by atoms with Gasteiger partial charge in [-0.2, -0.15) is 0 Å². The highest BCUT2D eigenvalue weighted by Gasteiger charge is 2.05. The van der Waals surface area contributed by atoms with Crippen molar-refractivity contribution < 1.29 is 8.78 Å². The molecule has 20 heavy (non-hydrogen) atoms. The largest absolute Gasteiger partial charge is 0.381 e. The van der Waals surface area contributed by atoms with Crippen LogP contribution in [0.3, 0.4) is 0 Å². The number of nitrogens with one attached hydrogen (secondary N) is 1. The van der Waals surface area contributed by atoms with E-state index in [1.165, 1.54) is 6.07 Å². The first-order valence-corrected chi connectivity index (χ1v) is 6.43. The maximum atomic E-state index is 13.5. The molecule has 0 aromatic heterocycles. The molecule has 0 aliphatic heterocycles. The molecule has 2 aromatic rings. The number of hydrogen-bond donors (Lipinski definition) is 1. The van der Waals surface area contributed by atoms with Crippen molar-refractivity contribution in [3.05, 3.63) is 59.2 Å². The number of hydrogen-bond acceptors (Lipinski definition) is 2. The maximum absolute atomic E-state index is 13.5. The number of nitrogens with zero attached hydrogens (tertiary/aromatic N) is 1. The predicted molar refractivity (Wildman–Crippen MR) is 79.2 cm³/mol. The summed E-state index contributed by atoms with van der Waals surface area (Å²) in [6, 6.07) is 9.46. The highest BCUT2D eigenvalue weighted by atomic mass is 19.1. The van der Waals surface area contributed by atoms with E-state index in [-0.39, 0.29) is 6.54 Å². The smallest absolute Gasteiger partial charge is 0.128 e. The Labute approximate surface area is 118 Å². The lowest BCUT2D eigenvalue weighted by Gasteiger charge is -2.16. The van der Waals surface area contributed by atoms with Gasteiger partial charge >= 0.3 is 0 Å². The van der Waals surface area contributed by atoms with Gasteiger partial charge in [0.25, 0.3) is 0 Å². The van der Waals surface area contributed by atoms with Crippen LogP contribution < -0.4 is 10.2 Å². The number of benzene rings is 2. The zero-order valence-electron chi connectivity index (χ0n) is 11.9. The normalized spacial score (nSPS) is 10.4. The van der Waals surface area contributed by atoms with Crippen LogP contribution in [0.4, 0.5) is 20.2 Å². The van der Waals surface area contributed by atoms with Crippen LogP contribution in [-0.4, -0.2) is 14.1 Å². The number of halogens is 2. The summed E-state index contributed by atoms with van der Waals surface area (Å²) in [7, 11) is 3.95. The monoisotopic (exact) mass is 276 g/mol. The summed E-state index contributed by atoms with van der Waals surface area (Å²) >= 11 is 0.